The Morgan fingerprint density at radius 1 is 1.26 bits per heavy atom. The van der Waals surface area contributed by atoms with E-state index >= 15 is 0 Å². The van der Waals surface area contributed by atoms with E-state index in [2.05, 4.69) is 30.8 Å². The maximum absolute atomic E-state index is 12.0. The van der Waals surface area contributed by atoms with E-state index in [1.165, 1.54) is 0 Å². The number of benzene rings is 1. The lowest BCUT2D eigenvalue weighted by molar-refractivity contribution is 0.597. The highest BCUT2D eigenvalue weighted by atomic mass is 32.2. The highest BCUT2D eigenvalue weighted by Crippen LogP contribution is 2.28. The van der Waals surface area contributed by atoms with E-state index in [0.717, 1.165) is 22.8 Å². The number of H-pyrrole nitrogens is 1. The van der Waals surface area contributed by atoms with Crippen LogP contribution in [0.1, 0.15) is 5.56 Å². The van der Waals surface area contributed by atoms with Crippen LogP contribution in [0.25, 0.3) is 10.9 Å². The molecular weight excluding hydrogens is 316 g/mol. The summed E-state index contributed by atoms with van der Waals surface area (Å²) in [5.74, 6) is 0.822. The molecule has 4 rings (SSSR count). The molecule has 1 aliphatic rings. The second kappa shape index (κ2) is 4.92. The van der Waals surface area contributed by atoms with Crippen molar-refractivity contribution >= 4 is 38.2 Å². The molecule has 0 fully saturated rings. The fraction of sp³-hybridized carbons (Fsp3) is 0.214. The van der Waals surface area contributed by atoms with Crippen molar-refractivity contribution in [3.05, 3.63) is 30.0 Å². The van der Waals surface area contributed by atoms with Crippen LogP contribution >= 0.6 is 0 Å². The highest BCUT2D eigenvalue weighted by Gasteiger charge is 2.24. The number of aromatic amines is 1. The molecule has 0 atom stereocenters. The Bertz CT molecular complexity index is 1010. The number of hydrogen-bond acceptors (Lipinski definition) is 7. The van der Waals surface area contributed by atoms with Crippen molar-refractivity contribution in [2.45, 2.75) is 11.4 Å². The summed E-state index contributed by atoms with van der Waals surface area (Å²) >= 11 is 0. The molecule has 8 nitrogen and oxygen atoms in total. The first-order chi connectivity index (χ1) is 11.0. The molecule has 1 aromatic carbocycles. The van der Waals surface area contributed by atoms with Crippen molar-refractivity contribution in [3.63, 3.8) is 0 Å². The second-order valence-electron chi connectivity index (χ2n) is 5.43. The summed E-state index contributed by atoms with van der Waals surface area (Å²) < 4.78 is 24.0. The third kappa shape index (κ3) is 2.48. The number of nitrogens with one attached hydrogen (secondary N) is 3. The average molecular weight is 330 g/mol. The minimum Gasteiger partial charge on any atom is -0.369 e. The number of sulfone groups is 1. The fourth-order valence-corrected chi connectivity index (χ4v) is 3.55. The Morgan fingerprint density at radius 3 is 2.96 bits per heavy atom. The monoisotopic (exact) mass is 330 g/mol. The molecule has 3 heterocycles. The molecule has 2 aromatic heterocycles. The van der Waals surface area contributed by atoms with Crippen LogP contribution in [-0.4, -0.2) is 41.4 Å². The summed E-state index contributed by atoms with van der Waals surface area (Å²) in [6.07, 6.45) is 3.50. The second-order valence-corrected chi connectivity index (χ2v) is 7.36. The molecule has 1 aliphatic heterocycles. The lowest BCUT2D eigenvalue weighted by Gasteiger charge is -2.10. The minimum atomic E-state index is -3.42. The lowest BCUT2D eigenvalue weighted by atomic mass is 10.2. The van der Waals surface area contributed by atoms with Gasteiger partial charge < -0.3 is 10.6 Å². The van der Waals surface area contributed by atoms with E-state index in [1.54, 1.807) is 6.20 Å². The average Bonchev–Trinajstić information content (AvgIpc) is 3.12. The Morgan fingerprint density at radius 2 is 2.13 bits per heavy atom. The number of hydrogen-bond donors (Lipinski definition) is 3. The van der Waals surface area contributed by atoms with E-state index < -0.39 is 9.84 Å². The van der Waals surface area contributed by atoms with E-state index in [9.17, 15) is 8.42 Å². The van der Waals surface area contributed by atoms with E-state index in [4.69, 9.17) is 0 Å². The number of fused-ring (bicyclic) bond motifs is 2. The van der Waals surface area contributed by atoms with Gasteiger partial charge in [-0.05, 0) is 24.6 Å². The first-order valence-corrected chi connectivity index (χ1v) is 8.95. The largest absolute Gasteiger partial charge is 0.369 e. The summed E-state index contributed by atoms with van der Waals surface area (Å²) in [6, 6.07) is 5.64. The third-order valence-electron chi connectivity index (χ3n) is 3.69. The van der Waals surface area contributed by atoms with Crippen molar-refractivity contribution in [3.8, 4) is 0 Å². The van der Waals surface area contributed by atoms with Gasteiger partial charge in [-0.2, -0.15) is 10.1 Å². The van der Waals surface area contributed by atoms with Gasteiger partial charge >= 0.3 is 0 Å². The Labute approximate surface area is 132 Å². The van der Waals surface area contributed by atoms with Gasteiger partial charge in [-0.25, -0.2) is 13.4 Å². The predicted molar refractivity (Wildman–Crippen MR) is 86.7 cm³/mol. The summed E-state index contributed by atoms with van der Waals surface area (Å²) in [5, 5.41) is 14.1. The molecule has 118 valence electrons. The van der Waals surface area contributed by atoms with E-state index in [0.29, 0.717) is 24.3 Å². The Kier molecular flexibility index (Phi) is 2.98. The SMILES string of the molecule is CS(=O)(=O)c1nc(Nc2ccc3cn[nH]c3c2)nc2c1CCN2. The van der Waals surface area contributed by atoms with Crippen LogP contribution in [-0.2, 0) is 16.3 Å². The maximum Gasteiger partial charge on any atom is 0.230 e. The normalized spacial score (nSPS) is 13.8. The summed E-state index contributed by atoms with van der Waals surface area (Å²) in [4.78, 5) is 8.57. The number of aromatic nitrogens is 4. The lowest BCUT2D eigenvalue weighted by Crippen LogP contribution is -2.09. The van der Waals surface area contributed by atoms with Gasteiger partial charge in [0.1, 0.15) is 5.82 Å². The van der Waals surface area contributed by atoms with Gasteiger partial charge in [-0.3, -0.25) is 5.10 Å². The van der Waals surface area contributed by atoms with Crippen LogP contribution in [0.2, 0.25) is 0 Å². The smallest absolute Gasteiger partial charge is 0.230 e. The van der Waals surface area contributed by atoms with Crippen LogP contribution in [0, 0.1) is 0 Å². The number of nitrogens with zero attached hydrogens (tertiary/aromatic N) is 3. The quantitative estimate of drug-likeness (QED) is 0.623. The van der Waals surface area contributed by atoms with Crippen molar-refractivity contribution in [2.24, 2.45) is 0 Å². The maximum atomic E-state index is 12.0. The van der Waals surface area contributed by atoms with Crippen LogP contribution in [0.15, 0.2) is 29.4 Å². The van der Waals surface area contributed by atoms with Gasteiger partial charge in [0.15, 0.2) is 14.9 Å². The van der Waals surface area contributed by atoms with Gasteiger partial charge in [0.2, 0.25) is 5.95 Å². The molecule has 0 unspecified atom stereocenters. The zero-order valence-corrected chi connectivity index (χ0v) is 13.1. The fourth-order valence-electron chi connectivity index (χ4n) is 2.65. The Hall–Kier alpha value is -2.68. The van der Waals surface area contributed by atoms with Gasteiger partial charge in [0.25, 0.3) is 0 Å². The molecule has 0 spiro atoms. The molecule has 0 saturated heterocycles. The summed E-state index contributed by atoms with van der Waals surface area (Å²) in [6.45, 7) is 0.663. The van der Waals surface area contributed by atoms with Crippen LogP contribution in [0.3, 0.4) is 0 Å². The minimum absolute atomic E-state index is 0.0811. The molecule has 3 aromatic rings. The van der Waals surface area contributed by atoms with Crippen molar-refractivity contribution in [1.82, 2.24) is 20.2 Å². The van der Waals surface area contributed by atoms with Crippen molar-refractivity contribution < 1.29 is 8.42 Å². The Balaban J connectivity index is 1.77. The molecular formula is C14H14N6O2S. The number of anilines is 3. The van der Waals surface area contributed by atoms with Gasteiger partial charge in [-0.1, -0.05) is 0 Å². The summed E-state index contributed by atoms with van der Waals surface area (Å²) in [5.41, 5.74) is 2.28. The molecule has 9 heteroatoms. The molecule has 3 N–H and O–H groups in total. The van der Waals surface area contributed by atoms with Gasteiger partial charge in [0.05, 0.1) is 11.7 Å². The van der Waals surface area contributed by atoms with Crippen LogP contribution in [0.4, 0.5) is 17.5 Å². The molecule has 0 bridgehead atoms. The molecule has 0 saturated carbocycles. The first-order valence-electron chi connectivity index (χ1n) is 7.06. The predicted octanol–water partition coefficient (Wildman–Crippen LogP) is 1.47. The topological polar surface area (TPSA) is 113 Å². The highest BCUT2D eigenvalue weighted by molar-refractivity contribution is 7.90. The molecule has 0 radical (unpaired) electrons. The van der Waals surface area contributed by atoms with Crippen LogP contribution in [0.5, 0.6) is 0 Å². The third-order valence-corrected chi connectivity index (χ3v) is 4.73. The first kappa shape index (κ1) is 13.9. The van der Waals surface area contributed by atoms with Crippen molar-refractivity contribution in [2.75, 3.05) is 23.4 Å². The van der Waals surface area contributed by atoms with Crippen LogP contribution < -0.4 is 10.6 Å². The molecule has 23 heavy (non-hydrogen) atoms. The summed E-state index contributed by atoms with van der Waals surface area (Å²) in [7, 11) is -3.42. The molecule has 0 aliphatic carbocycles. The molecule has 0 amide bonds. The van der Waals surface area contributed by atoms with Gasteiger partial charge in [-0.15, -0.1) is 0 Å². The standard InChI is InChI=1S/C14H14N6O2S/c1-23(21,22)13-10-4-5-15-12(10)18-14(19-13)17-9-3-2-8-7-16-20-11(8)6-9/h2-3,6-7H,4-5H2,1H3,(H,16,20)(H2,15,17,18,19). The zero-order valence-electron chi connectivity index (χ0n) is 12.3. The van der Waals surface area contributed by atoms with E-state index in [1.807, 2.05) is 18.2 Å². The zero-order chi connectivity index (χ0) is 16.0. The van der Waals surface area contributed by atoms with Crippen molar-refractivity contribution in [1.29, 1.82) is 0 Å². The van der Waals surface area contributed by atoms with E-state index in [-0.39, 0.29) is 11.0 Å². The number of rotatable bonds is 3. The van der Waals surface area contributed by atoms with Gasteiger partial charge in [0, 0.05) is 29.4 Å².